The van der Waals surface area contributed by atoms with Crippen LogP contribution in [0.4, 0.5) is 0 Å². The van der Waals surface area contributed by atoms with E-state index in [1.165, 1.54) is 25.1 Å². The quantitative estimate of drug-likeness (QED) is 0.883. The molecular formula is C16H27N3. The van der Waals surface area contributed by atoms with Gasteiger partial charge in [-0.1, -0.05) is 19.9 Å². The summed E-state index contributed by atoms with van der Waals surface area (Å²) in [5.74, 6) is 0.874. The molecule has 0 radical (unpaired) electrons. The third-order valence-electron chi connectivity index (χ3n) is 4.06. The van der Waals surface area contributed by atoms with E-state index in [9.17, 15) is 0 Å². The normalized spacial score (nSPS) is 24.6. The van der Waals surface area contributed by atoms with E-state index in [1.807, 2.05) is 0 Å². The summed E-state index contributed by atoms with van der Waals surface area (Å²) in [6.45, 7) is 10.9. The third-order valence-corrected chi connectivity index (χ3v) is 4.06. The number of rotatable bonds is 5. The Morgan fingerprint density at radius 2 is 2.11 bits per heavy atom. The maximum Gasteiger partial charge on any atom is 0.0547 e. The van der Waals surface area contributed by atoms with Crippen LogP contribution in [0.2, 0.25) is 0 Å². The minimum Gasteiger partial charge on any atom is -0.311 e. The van der Waals surface area contributed by atoms with Crippen molar-refractivity contribution in [2.45, 2.75) is 52.7 Å². The minimum absolute atomic E-state index is 0.683. The van der Waals surface area contributed by atoms with E-state index >= 15 is 0 Å². The topological polar surface area (TPSA) is 28.2 Å². The van der Waals surface area contributed by atoms with Crippen LogP contribution in [0.3, 0.4) is 0 Å². The molecule has 19 heavy (non-hydrogen) atoms. The highest BCUT2D eigenvalue weighted by atomic mass is 15.2. The van der Waals surface area contributed by atoms with Crippen molar-refractivity contribution in [3.63, 3.8) is 0 Å². The second-order valence-corrected chi connectivity index (χ2v) is 5.85. The summed E-state index contributed by atoms with van der Waals surface area (Å²) < 4.78 is 0. The predicted octanol–water partition coefficient (Wildman–Crippen LogP) is 2.81. The van der Waals surface area contributed by atoms with E-state index < -0.39 is 0 Å². The standard InChI is InChI=1S/C16H27N3/c1-4-17-11-15-6-5-7-16(18-15)12-19-9-8-13(2)10-14(19)3/h5-7,13-14,17H,4,8-12H2,1-3H3. The van der Waals surface area contributed by atoms with Crippen molar-refractivity contribution in [2.75, 3.05) is 13.1 Å². The second kappa shape index (κ2) is 7.01. The van der Waals surface area contributed by atoms with E-state index in [2.05, 4.69) is 49.2 Å². The summed E-state index contributed by atoms with van der Waals surface area (Å²) in [4.78, 5) is 7.32. The summed E-state index contributed by atoms with van der Waals surface area (Å²) in [6.07, 6.45) is 2.64. The van der Waals surface area contributed by atoms with Gasteiger partial charge in [0, 0.05) is 19.1 Å². The van der Waals surface area contributed by atoms with Crippen LogP contribution in [-0.4, -0.2) is 29.0 Å². The lowest BCUT2D eigenvalue weighted by Gasteiger charge is -2.36. The van der Waals surface area contributed by atoms with E-state index in [0.717, 1.165) is 31.2 Å². The van der Waals surface area contributed by atoms with Gasteiger partial charge in [0.2, 0.25) is 0 Å². The first-order chi connectivity index (χ1) is 9.19. The van der Waals surface area contributed by atoms with E-state index in [4.69, 9.17) is 4.98 Å². The summed E-state index contributed by atoms with van der Waals surface area (Å²) >= 11 is 0. The maximum atomic E-state index is 4.75. The number of hydrogen-bond donors (Lipinski definition) is 1. The first kappa shape index (κ1) is 14.5. The third kappa shape index (κ3) is 4.29. The number of likely N-dealkylation sites (tertiary alicyclic amines) is 1. The average molecular weight is 261 g/mol. The smallest absolute Gasteiger partial charge is 0.0547 e. The molecule has 3 nitrogen and oxygen atoms in total. The number of nitrogens with one attached hydrogen (secondary N) is 1. The van der Waals surface area contributed by atoms with Crippen LogP contribution in [0, 0.1) is 5.92 Å². The molecule has 1 N–H and O–H groups in total. The summed E-state index contributed by atoms with van der Waals surface area (Å²) in [6, 6.07) is 7.07. The molecule has 1 aliphatic heterocycles. The van der Waals surface area contributed by atoms with Crippen LogP contribution >= 0.6 is 0 Å². The van der Waals surface area contributed by atoms with Gasteiger partial charge in [0.05, 0.1) is 11.4 Å². The molecule has 2 unspecified atom stereocenters. The number of pyridine rings is 1. The van der Waals surface area contributed by atoms with Gasteiger partial charge in [0.25, 0.3) is 0 Å². The molecule has 1 saturated heterocycles. The lowest BCUT2D eigenvalue weighted by atomic mass is 9.93. The Balaban J connectivity index is 1.94. The zero-order chi connectivity index (χ0) is 13.7. The van der Waals surface area contributed by atoms with Gasteiger partial charge < -0.3 is 5.32 Å². The van der Waals surface area contributed by atoms with Crippen molar-refractivity contribution in [3.8, 4) is 0 Å². The van der Waals surface area contributed by atoms with Gasteiger partial charge in [-0.25, -0.2) is 0 Å². The molecular weight excluding hydrogens is 234 g/mol. The SMILES string of the molecule is CCNCc1cccc(CN2CCC(C)CC2C)n1. The van der Waals surface area contributed by atoms with Crippen LogP contribution in [0.15, 0.2) is 18.2 Å². The fraction of sp³-hybridized carbons (Fsp3) is 0.688. The van der Waals surface area contributed by atoms with E-state index in [0.29, 0.717) is 6.04 Å². The van der Waals surface area contributed by atoms with Crippen molar-refractivity contribution >= 4 is 0 Å². The lowest BCUT2D eigenvalue weighted by Crippen LogP contribution is -2.39. The fourth-order valence-corrected chi connectivity index (χ4v) is 2.87. The Hall–Kier alpha value is -0.930. The van der Waals surface area contributed by atoms with Crippen LogP contribution in [0.25, 0.3) is 0 Å². The van der Waals surface area contributed by atoms with Crippen molar-refractivity contribution < 1.29 is 0 Å². The van der Waals surface area contributed by atoms with Gasteiger partial charge in [-0.3, -0.25) is 9.88 Å². The Labute approximate surface area is 117 Å². The predicted molar refractivity (Wildman–Crippen MR) is 79.9 cm³/mol. The highest BCUT2D eigenvalue weighted by Gasteiger charge is 2.22. The molecule has 1 aromatic heterocycles. The number of hydrogen-bond acceptors (Lipinski definition) is 3. The molecule has 1 aromatic rings. The highest BCUT2D eigenvalue weighted by Crippen LogP contribution is 2.23. The molecule has 2 heterocycles. The van der Waals surface area contributed by atoms with Crippen LogP contribution < -0.4 is 5.32 Å². The molecule has 2 atom stereocenters. The van der Waals surface area contributed by atoms with Gasteiger partial charge >= 0.3 is 0 Å². The molecule has 0 saturated carbocycles. The molecule has 2 rings (SSSR count). The zero-order valence-corrected chi connectivity index (χ0v) is 12.5. The molecule has 106 valence electrons. The van der Waals surface area contributed by atoms with E-state index in [-0.39, 0.29) is 0 Å². The highest BCUT2D eigenvalue weighted by molar-refractivity contribution is 5.11. The molecule has 1 fully saturated rings. The van der Waals surface area contributed by atoms with Gasteiger partial charge in [0.15, 0.2) is 0 Å². The summed E-state index contributed by atoms with van der Waals surface area (Å²) in [7, 11) is 0. The molecule has 1 aliphatic rings. The van der Waals surface area contributed by atoms with Crippen LogP contribution in [-0.2, 0) is 13.1 Å². The molecule has 0 spiro atoms. The van der Waals surface area contributed by atoms with E-state index in [1.54, 1.807) is 0 Å². The van der Waals surface area contributed by atoms with Crippen LogP contribution in [0.1, 0.15) is 45.0 Å². The molecule has 0 aromatic carbocycles. The largest absolute Gasteiger partial charge is 0.311 e. The summed E-state index contributed by atoms with van der Waals surface area (Å²) in [5, 5.41) is 3.33. The first-order valence-corrected chi connectivity index (χ1v) is 7.58. The van der Waals surface area contributed by atoms with Gasteiger partial charge in [-0.15, -0.1) is 0 Å². The molecule has 3 heteroatoms. The number of aromatic nitrogens is 1. The zero-order valence-electron chi connectivity index (χ0n) is 12.5. The molecule has 0 bridgehead atoms. The fourth-order valence-electron chi connectivity index (χ4n) is 2.87. The number of nitrogens with zero attached hydrogens (tertiary/aromatic N) is 2. The Bertz CT molecular complexity index is 391. The second-order valence-electron chi connectivity index (χ2n) is 5.85. The van der Waals surface area contributed by atoms with Crippen molar-refractivity contribution in [1.82, 2.24) is 15.2 Å². The molecule has 0 aliphatic carbocycles. The van der Waals surface area contributed by atoms with Crippen molar-refractivity contribution in [1.29, 1.82) is 0 Å². The van der Waals surface area contributed by atoms with Gasteiger partial charge in [-0.2, -0.15) is 0 Å². The Kier molecular flexibility index (Phi) is 5.34. The Morgan fingerprint density at radius 1 is 1.32 bits per heavy atom. The average Bonchev–Trinajstić information content (AvgIpc) is 2.40. The lowest BCUT2D eigenvalue weighted by molar-refractivity contribution is 0.120. The summed E-state index contributed by atoms with van der Waals surface area (Å²) in [5.41, 5.74) is 2.36. The molecule has 0 amide bonds. The van der Waals surface area contributed by atoms with Crippen LogP contribution in [0.5, 0.6) is 0 Å². The Morgan fingerprint density at radius 3 is 2.84 bits per heavy atom. The monoisotopic (exact) mass is 261 g/mol. The minimum atomic E-state index is 0.683. The number of piperidine rings is 1. The maximum absolute atomic E-state index is 4.75. The van der Waals surface area contributed by atoms with Crippen molar-refractivity contribution in [2.24, 2.45) is 5.92 Å². The van der Waals surface area contributed by atoms with Gasteiger partial charge in [0.1, 0.15) is 0 Å². The van der Waals surface area contributed by atoms with Crippen molar-refractivity contribution in [3.05, 3.63) is 29.6 Å². The van der Waals surface area contributed by atoms with Gasteiger partial charge in [-0.05, 0) is 50.9 Å². The first-order valence-electron chi connectivity index (χ1n) is 7.58.